The van der Waals surface area contributed by atoms with Crippen LogP contribution in [0.1, 0.15) is 26.2 Å². The number of hydrogen-bond acceptors (Lipinski definition) is 2. The largest absolute Gasteiger partial charge is 0.463 e. The third-order valence-corrected chi connectivity index (χ3v) is 2.55. The number of ether oxygens (including phenoxy) is 1. The highest BCUT2D eigenvalue weighted by Gasteiger charge is 2.19. The van der Waals surface area contributed by atoms with Gasteiger partial charge in [-0.05, 0) is 26.2 Å². The second-order valence-corrected chi connectivity index (χ2v) is 3.41. The molecule has 0 spiro atoms. The number of carbonyl (C=O) groups is 1. The zero-order valence-electron chi connectivity index (χ0n) is 6.52. The van der Waals surface area contributed by atoms with Gasteiger partial charge in [0.15, 0.2) is 0 Å². The molecule has 0 saturated heterocycles. The van der Waals surface area contributed by atoms with Gasteiger partial charge in [0.25, 0.3) is 0 Å². The maximum atomic E-state index is 11.1. The highest BCUT2D eigenvalue weighted by molar-refractivity contribution is 9.11. The highest BCUT2D eigenvalue weighted by atomic mass is 79.9. The molecule has 0 aromatic rings. The first-order valence-corrected chi connectivity index (χ1v) is 4.59. The Morgan fingerprint density at radius 1 is 1.64 bits per heavy atom. The first kappa shape index (κ1) is 8.78. The molecule has 0 radical (unpaired) electrons. The Hall–Kier alpha value is -0.310. The van der Waals surface area contributed by atoms with Crippen molar-refractivity contribution in [2.75, 3.05) is 6.61 Å². The average molecular weight is 219 g/mol. The van der Waals surface area contributed by atoms with Crippen LogP contribution in [0.3, 0.4) is 0 Å². The summed E-state index contributed by atoms with van der Waals surface area (Å²) in [6.45, 7) is 2.28. The van der Waals surface area contributed by atoms with Crippen LogP contribution in [-0.2, 0) is 9.53 Å². The molecule has 0 aliphatic heterocycles. The maximum absolute atomic E-state index is 11.1. The number of esters is 1. The number of carbonyl (C=O) groups excluding carboxylic acids is 1. The van der Waals surface area contributed by atoms with E-state index in [1.165, 1.54) is 0 Å². The van der Waals surface area contributed by atoms with E-state index in [4.69, 9.17) is 4.74 Å². The molecule has 0 saturated carbocycles. The van der Waals surface area contributed by atoms with Crippen LogP contribution in [0.25, 0.3) is 0 Å². The summed E-state index contributed by atoms with van der Waals surface area (Å²) in [5, 5.41) is 0. The topological polar surface area (TPSA) is 26.3 Å². The molecule has 0 heterocycles. The van der Waals surface area contributed by atoms with E-state index in [9.17, 15) is 4.79 Å². The van der Waals surface area contributed by atoms with E-state index < -0.39 is 0 Å². The Labute approximate surface area is 74.7 Å². The Morgan fingerprint density at radius 3 is 2.82 bits per heavy atom. The van der Waals surface area contributed by atoms with E-state index in [0.29, 0.717) is 6.61 Å². The molecule has 0 N–H and O–H groups in total. The van der Waals surface area contributed by atoms with Gasteiger partial charge in [-0.2, -0.15) is 0 Å². The Morgan fingerprint density at radius 2 is 2.36 bits per heavy atom. The summed E-state index contributed by atoms with van der Waals surface area (Å²) in [5.74, 6) is -0.156. The summed E-state index contributed by atoms with van der Waals surface area (Å²) in [6.07, 6.45) is 2.91. The van der Waals surface area contributed by atoms with Crippen molar-refractivity contribution >= 4 is 21.9 Å². The average Bonchev–Trinajstić information content (AvgIpc) is 2.36. The molecule has 11 heavy (non-hydrogen) atoms. The lowest BCUT2D eigenvalue weighted by atomic mass is 10.2. The second-order valence-electron chi connectivity index (χ2n) is 2.46. The highest BCUT2D eigenvalue weighted by Crippen LogP contribution is 2.30. The minimum atomic E-state index is -0.156. The summed E-state index contributed by atoms with van der Waals surface area (Å²) in [4.78, 5) is 11.1. The molecule has 1 aliphatic carbocycles. The predicted molar refractivity (Wildman–Crippen MR) is 46.4 cm³/mol. The molecule has 0 atom stereocenters. The second kappa shape index (κ2) is 3.90. The van der Waals surface area contributed by atoms with Crippen LogP contribution in [-0.4, -0.2) is 12.6 Å². The Kier molecular flexibility index (Phi) is 3.12. The van der Waals surface area contributed by atoms with Crippen LogP contribution in [0.2, 0.25) is 0 Å². The molecule has 0 unspecified atom stereocenters. The van der Waals surface area contributed by atoms with E-state index in [2.05, 4.69) is 15.9 Å². The molecule has 0 amide bonds. The van der Waals surface area contributed by atoms with Gasteiger partial charge in [0.2, 0.25) is 0 Å². The minimum absolute atomic E-state index is 0.156. The predicted octanol–water partition coefficient (Wildman–Crippen LogP) is 2.38. The normalized spacial score (nSPS) is 17.3. The van der Waals surface area contributed by atoms with Crippen LogP contribution in [0.15, 0.2) is 10.1 Å². The van der Waals surface area contributed by atoms with Crippen LogP contribution in [0.5, 0.6) is 0 Å². The van der Waals surface area contributed by atoms with Crippen LogP contribution < -0.4 is 0 Å². The van der Waals surface area contributed by atoms with Gasteiger partial charge in [-0.1, -0.05) is 15.9 Å². The first-order valence-electron chi connectivity index (χ1n) is 3.80. The molecule has 1 aliphatic rings. The van der Waals surface area contributed by atoms with Gasteiger partial charge in [-0.15, -0.1) is 0 Å². The summed E-state index contributed by atoms with van der Waals surface area (Å²) in [6, 6.07) is 0. The molecule has 62 valence electrons. The van der Waals surface area contributed by atoms with Crippen molar-refractivity contribution in [3.8, 4) is 0 Å². The SMILES string of the molecule is CCOC(=O)C1=C(Br)CCC1. The summed E-state index contributed by atoms with van der Waals surface area (Å²) >= 11 is 3.35. The molecule has 0 fully saturated rings. The number of allylic oxidation sites excluding steroid dienone is 1. The van der Waals surface area contributed by atoms with Crippen molar-refractivity contribution < 1.29 is 9.53 Å². The van der Waals surface area contributed by atoms with Gasteiger partial charge in [0, 0.05) is 10.1 Å². The molecule has 2 nitrogen and oxygen atoms in total. The molecule has 3 heteroatoms. The number of rotatable bonds is 2. The van der Waals surface area contributed by atoms with Crippen molar-refractivity contribution in [2.24, 2.45) is 0 Å². The molecule has 1 rings (SSSR count). The van der Waals surface area contributed by atoms with Crippen LogP contribution in [0, 0.1) is 0 Å². The standard InChI is InChI=1S/C8H11BrO2/c1-2-11-8(10)6-4-3-5-7(6)9/h2-5H2,1H3. The summed E-state index contributed by atoms with van der Waals surface area (Å²) in [7, 11) is 0. The van der Waals surface area contributed by atoms with Crippen molar-refractivity contribution in [1.29, 1.82) is 0 Å². The Balaban J connectivity index is 2.59. The minimum Gasteiger partial charge on any atom is -0.463 e. The lowest BCUT2D eigenvalue weighted by Gasteiger charge is -2.01. The van der Waals surface area contributed by atoms with E-state index in [0.717, 1.165) is 29.3 Å². The summed E-state index contributed by atoms with van der Waals surface area (Å²) < 4.78 is 5.89. The van der Waals surface area contributed by atoms with Gasteiger partial charge in [0.1, 0.15) is 0 Å². The maximum Gasteiger partial charge on any atom is 0.334 e. The third kappa shape index (κ3) is 2.06. The van der Waals surface area contributed by atoms with E-state index in [-0.39, 0.29) is 5.97 Å². The van der Waals surface area contributed by atoms with E-state index in [1.807, 2.05) is 6.92 Å². The quantitative estimate of drug-likeness (QED) is 0.666. The van der Waals surface area contributed by atoms with E-state index >= 15 is 0 Å². The summed E-state index contributed by atoms with van der Waals surface area (Å²) in [5.41, 5.74) is 0.826. The zero-order valence-corrected chi connectivity index (χ0v) is 8.11. The zero-order chi connectivity index (χ0) is 8.27. The van der Waals surface area contributed by atoms with Gasteiger partial charge < -0.3 is 4.74 Å². The monoisotopic (exact) mass is 218 g/mol. The number of hydrogen-bond donors (Lipinski definition) is 0. The molecule has 0 aromatic carbocycles. The van der Waals surface area contributed by atoms with Gasteiger partial charge in [0.05, 0.1) is 6.61 Å². The molecule has 0 aromatic heterocycles. The fourth-order valence-electron chi connectivity index (χ4n) is 1.14. The van der Waals surface area contributed by atoms with Gasteiger partial charge in [-0.25, -0.2) is 4.79 Å². The first-order chi connectivity index (χ1) is 5.25. The smallest absolute Gasteiger partial charge is 0.334 e. The fraction of sp³-hybridized carbons (Fsp3) is 0.625. The van der Waals surface area contributed by atoms with Gasteiger partial charge >= 0.3 is 5.97 Å². The van der Waals surface area contributed by atoms with Gasteiger partial charge in [-0.3, -0.25) is 0 Å². The molecular formula is C8H11BrO2. The van der Waals surface area contributed by atoms with E-state index in [1.54, 1.807) is 0 Å². The Bertz CT molecular complexity index is 196. The fourth-order valence-corrected chi connectivity index (χ4v) is 1.78. The molecular weight excluding hydrogens is 208 g/mol. The lowest BCUT2D eigenvalue weighted by molar-refractivity contribution is -0.138. The molecule has 0 bridgehead atoms. The lowest BCUT2D eigenvalue weighted by Crippen LogP contribution is -2.06. The van der Waals surface area contributed by atoms with Crippen molar-refractivity contribution in [3.05, 3.63) is 10.1 Å². The third-order valence-electron chi connectivity index (χ3n) is 1.67. The van der Waals surface area contributed by atoms with Crippen molar-refractivity contribution in [1.82, 2.24) is 0 Å². The van der Waals surface area contributed by atoms with Crippen LogP contribution in [0.4, 0.5) is 0 Å². The van der Waals surface area contributed by atoms with Crippen molar-refractivity contribution in [2.45, 2.75) is 26.2 Å². The number of halogens is 1. The van der Waals surface area contributed by atoms with Crippen LogP contribution >= 0.6 is 15.9 Å². The van der Waals surface area contributed by atoms with Crippen molar-refractivity contribution in [3.63, 3.8) is 0 Å².